The Hall–Kier alpha value is -1.32. The van der Waals surface area contributed by atoms with Crippen LogP contribution < -0.4 is 5.32 Å². The van der Waals surface area contributed by atoms with Gasteiger partial charge in [0, 0.05) is 17.3 Å². The second-order valence-corrected chi connectivity index (χ2v) is 5.96. The number of pyridine rings is 1. The molecule has 3 rings (SSSR count). The Labute approximate surface area is 114 Å². The fraction of sp³-hybridized carbons (Fsp3) is 0.231. The highest BCUT2D eigenvalue weighted by Gasteiger charge is 2.56. The normalized spacial score (nSPS) is 20.7. The number of carbonyl (C=O) groups is 1. The van der Waals surface area contributed by atoms with Crippen LogP contribution >= 0.6 is 23.2 Å². The molecule has 1 aromatic carbocycles. The molecule has 1 saturated carbocycles. The molecule has 0 radical (unpaired) electrons. The number of benzene rings is 1. The van der Waals surface area contributed by atoms with Crippen LogP contribution in [-0.4, -0.2) is 15.2 Å². The van der Waals surface area contributed by atoms with Crippen LogP contribution in [0.3, 0.4) is 0 Å². The molecule has 1 aromatic heterocycles. The average Bonchev–Trinajstić information content (AvgIpc) is 2.98. The molecule has 92 valence electrons. The molecular formula is C13H10Cl2N2O. The van der Waals surface area contributed by atoms with Gasteiger partial charge in [-0.2, -0.15) is 0 Å². The summed E-state index contributed by atoms with van der Waals surface area (Å²) in [7, 11) is 0. The minimum atomic E-state index is -0.886. The lowest BCUT2D eigenvalue weighted by Crippen LogP contribution is -2.16. The Bertz CT molecular complexity index is 627. The van der Waals surface area contributed by atoms with Crippen LogP contribution in [0.1, 0.15) is 6.42 Å². The third kappa shape index (κ3) is 2.16. The highest BCUT2D eigenvalue weighted by atomic mass is 35.5. The summed E-state index contributed by atoms with van der Waals surface area (Å²) >= 11 is 11.7. The van der Waals surface area contributed by atoms with Gasteiger partial charge in [0.2, 0.25) is 5.91 Å². The van der Waals surface area contributed by atoms with E-state index in [0.29, 0.717) is 6.42 Å². The van der Waals surface area contributed by atoms with E-state index in [4.69, 9.17) is 23.2 Å². The second kappa shape index (κ2) is 4.11. The lowest BCUT2D eigenvalue weighted by atomic mass is 10.2. The molecule has 1 N–H and O–H groups in total. The van der Waals surface area contributed by atoms with Crippen LogP contribution in [0, 0.1) is 5.92 Å². The fourth-order valence-electron chi connectivity index (χ4n) is 1.88. The highest BCUT2D eigenvalue weighted by molar-refractivity contribution is 6.52. The Morgan fingerprint density at radius 2 is 2.17 bits per heavy atom. The number of aromatic nitrogens is 1. The molecule has 0 saturated heterocycles. The quantitative estimate of drug-likeness (QED) is 0.857. The van der Waals surface area contributed by atoms with E-state index in [0.717, 1.165) is 16.6 Å². The lowest BCUT2D eigenvalue weighted by molar-refractivity contribution is -0.117. The zero-order valence-electron chi connectivity index (χ0n) is 9.36. The maximum Gasteiger partial charge on any atom is 0.230 e. The molecule has 0 aliphatic heterocycles. The number of amides is 1. The van der Waals surface area contributed by atoms with Gasteiger partial charge in [0.25, 0.3) is 0 Å². The Kier molecular flexibility index (Phi) is 2.68. The summed E-state index contributed by atoms with van der Waals surface area (Å²) in [6, 6.07) is 9.37. The number of rotatable bonds is 2. The first kappa shape index (κ1) is 11.8. The molecule has 1 aliphatic rings. The van der Waals surface area contributed by atoms with E-state index in [9.17, 15) is 4.79 Å². The van der Waals surface area contributed by atoms with Crippen molar-refractivity contribution in [3.05, 3.63) is 36.5 Å². The van der Waals surface area contributed by atoms with Crippen molar-refractivity contribution in [1.29, 1.82) is 0 Å². The molecule has 1 fully saturated rings. The summed E-state index contributed by atoms with van der Waals surface area (Å²) in [4.78, 5) is 16.0. The topological polar surface area (TPSA) is 42.0 Å². The van der Waals surface area contributed by atoms with E-state index < -0.39 is 4.33 Å². The fourth-order valence-corrected chi connectivity index (χ4v) is 2.39. The molecule has 1 heterocycles. The smallest absolute Gasteiger partial charge is 0.230 e. The molecular weight excluding hydrogens is 271 g/mol. The number of nitrogens with zero attached hydrogens (tertiary/aromatic N) is 1. The zero-order valence-corrected chi connectivity index (χ0v) is 10.9. The van der Waals surface area contributed by atoms with Crippen LogP contribution in [0.4, 0.5) is 5.69 Å². The monoisotopic (exact) mass is 280 g/mol. The summed E-state index contributed by atoms with van der Waals surface area (Å²) in [5, 5.41) is 3.80. The van der Waals surface area contributed by atoms with E-state index in [1.54, 1.807) is 6.20 Å². The minimum absolute atomic E-state index is 0.136. The van der Waals surface area contributed by atoms with Gasteiger partial charge in [-0.05, 0) is 30.7 Å². The van der Waals surface area contributed by atoms with Gasteiger partial charge in [-0.15, -0.1) is 23.2 Å². The van der Waals surface area contributed by atoms with E-state index >= 15 is 0 Å². The van der Waals surface area contributed by atoms with Crippen LogP contribution in [0.15, 0.2) is 36.5 Å². The number of hydrogen-bond donors (Lipinski definition) is 1. The Balaban J connectivity index is 1.81. The number of carbonyl (C=O) groups excluding carboxylic acids is 1. The maximum atomic E-state index is 11.8. The van der Waals surface area contributed by atoms with Crippen LogP contribution in [0.25, 0.3) is 10.9 Å². The summed E-state index contributed by atoms with van der Waals surface area (Å²) in [5.41, 5.74) is 1.63. The summed E-state index contributed by atoms with van der Waals surface area (Å²) in [6.07, 6.45) is 2.25. The molecule has 5 heteroatoms. The number of fused-ring (bicyclic) bond motifs is 1. The molecule has 1 atom stereocenters. The van der Waals surface area contributed by atoms with Gasteiger partial charge in [0.05, 0.1) is 11.4 Å². The van der Waals surface area contributed by atoms with E-state index in [1.165, 1.54) is 0 Å². The van der Waals surface area contributed by atoms with Gasteiger partial charge < -0.3 is 5.32 Å². The zero-order chi connectivity index (χ0) is 12.8. The summed E-state index contributed by atoms with van der Waals surface area (Å²) < 4.78 is -0.886. The van der Waals surface area contributed by atoms with Crippen molar-refractivity contribution in [3.8, 4) is 0 Å². The first-order valence-corrected chi connectivity index (χ1v) is 6.35. The third-order valence-electron chi connectivity index (χ3n) is 3.01. The number of halogens is 2. The number of hydrogen-bond acceptors (Lipinski definition) is 2. The molecule has 1 aliphatic carbocycles. The largest absolute Gasteiger partial charge is 0.326 e. The van der Waals surface area contributed by atoms with Crippen LogP contribution in [-0.2, 0) is 4.79 Å². The van der Waals surface area contributed by atoms with E-state index in [1.807, 2.05) is 30.3 Å². The van der Waals surface area contributed by atoms with Crippen molar-refractivity contribution < 1.29 is 4.79 Å². The van der Waals surface area contributed by atoms with Crippen molar-refractivity contribution in [1.82, 2.24) is 4.98 Å². The number of alkyl halides is 2. The van der Waals surface area contributed by atoms with Crippen molar-refractivity contribution in [2.75, 3.05) is 5.32 Å². The SMILES string of the molecule is O=C(Nc1ccc2ncccc2c1)C1CC1(Cl)Cl. The minimum Gasteiger partial charge on any atom is -0.326 e. The predicted molar refractivity (Wildman–Crippen MR) is 72.9 cm³/mol. The molecule has 1 amide bonds. The molecule has 3 nitrogen and oxygen atoms in total. The van der Waals surface area contributed by atoms with Gasteiger partial charge in [0.15, 0.2) is 0 Å². The predicted octanol–water partition coefficient (Wildman–Crippen LogP) is 3.37. The molecule has 2 aromatic rings. The number of anilines is 1. The Morgan fingerprint density at radius 1 is 1.39 bits per heavy atom. The van der Waals surface area contributed by atoms with E-state index in [-0.39, 0.29) is 11.8 Å². The first-order valence-electron chi connectivity index (χ1n) is 5.60. The average molecular weight is 281 g/mol. The summed E-state index contributed by atoms with van der Waals surface area (Å²) in [6.45, 7) is 0. The molecule has 1 unspecified atom stereocenters. The summed E-state index contributed by atoms with van der Waals surface area (Å²) in [5.74, 6) is -0.450. The van der Waals surface area contributed by atoms with E-state index in [2.05, 4.69) is 10.3 Å². The van der Waals surface area contributed by atoms with Gasteiger partial charge in [-0.3, -0.25) is 9.78 Å². The molecule has 0 spiro atoms. The maximum absolute atomic E-state index is 11.8. The first-order chi connectivity index (χ1) is 8.56. The molecule has 0 bridgehead atoms. The van der Waals surface area contributed by atoms with Crippen LogP contribution in [0.2, 0.25) is 0 Å². The second-order valence-electron chi connectivity index (χ2n) is 4.42. The highest BCUT2D eigenvalue weighted by Crippen LogP contribution is 2.53. The van der Waals surface area contributed by atoms with Gasteiger partial charge in [-0.1, -0.05) is 6.07 Å². The van der Waals surface area contributed by atoms with Crippen LogP contribution in [0.5, 0.6) is 0 Å². The van der Waals surface area contributed by atoms with Crippen molar-refractivity contribution in [2.24, 2.45) is 5.92 Å². The van der Waals surface area contributed by atoms with Crippen molar-refractivity contribution >= 4 is 45.7 Å². The number of nitrogens with one attached hydrogen (secondary N) is 1. The Morgan fingerprint density at radius 3 is 2.89 bits per heavy atom. The molecule has 18 heavy (non-hydrogen) atoms. The van der Waals surface area contributed by atoms with Gasteiger partial charge >= 0.3 is 0 Å². The van der Waals surface area contributed by atoms with Crippen molar-refractivity contribution in [3.63, 3.8) is 0 Å². The lowest BCUT2D eigenvalue weighted by Gasteiger charge is -2.06. The van der Waals surface area contributed by atoms with Gasteiger partial charge in [-0.25, -0.2) is 0 Å². The third-order valence-corrected chi connectivity index (χ3v) is 3.85. The standard InChI is InChI=1S/C13H10Cl2N2O/c14-13(15)7-10(13)12(18)17-9-3-4-11-8(6-9)2-1-5-16-11/h1-6,10H,7H2,(H,17,18). The van der Waals surface area contributed by atoms with Gasteiger partial charge in [0.1, 0.15) is 4.33 Å². The van der Waals surface area contributed by atoms with Crippen molar-refractivity contribution in [2.45, 2.75) is 10.8 Å².